The van der Waals surface area contributed by atoms with E-state index in [1.807, 2.05) is 13.8 Å². The summed E-state index contributed by atoms with van der Waals surface area (Å²) >= 11 is 0. The maximum atomic E-state index is 13.8. The number of benzene rings is 1. The van der Waals surface area contributed by atoms with Crippen molar-refractivity contribution in [3.8, 4) is 5.75 Å². The van der Waals surface area contributed by atoms with Gasteiger partial charge in [-0.1, -0.05) is 19.1 Å². The van der Waals surface area contributed by atoms with Gasteiger partial charge in [0.15, 0.2) is 11.6 Å². The van der Waals surface area contributed by atoms with E-state index in [2.05, 4.69) is 0 Å². The quantitative estimate of drug-likeness (QED) is 0.830. The first-order valence-electron chi connectivity index (χ1n) is 5.10. The van der Waals surface area contributed by atoms with Crippen LogP contribution in [-0.2, 0) is 6.42 Å². The Morgan fingerprint density at radius 2 is 2.13 bits per heavy atom. The summed E-state index contributed by atoms with van der Waals surface area (Å²) in [7, 11) is 1.46. The van der Waals surface area contributed by atoms with Crippen LogP contribution in [0, 0.1) is 5.82 Å². The minimum atomic E-state index is -0.368. The first kappa shape index (κ1) is 12.0. The van der Waals surface area contributed by atoms with Gasteiger partial charge in [0.2, 0.25) is 0 Å². The molecule has 0 saturated carbocycles. The number of rotatable bonds is 4. The summed E-state index contributed by atoms with van der Waals surface area (Å²) in [6.07, 6.45) is 1.33. The molecule has 0 amide bonds. The molecule has 2 nitrogen and oxygen atoms in total. The second-order valence-corrected chi connectivity index (χ2v) is 4.12. The van der Waals surface area contributed by atoms with E-state index in [9.17, 15) is 4.39 Å². The van der Waals surface area contributed by atoms with Crippen molar-refractivity contribution in [3.63, 3.8) is 0 Å². The third-order valence-corrected chi connectivity index (χ3v) is 2.67. The minimum Gasteiger partial charge on any atom is -0.494 e. The third-order valence-electron chi connectivity index (χ3n) is 2.67. The highest BCUT2D eigenvalue weighted by Gasteiger charge is 2.19. The zero-order valence-electron chi connectivity index (χ0n) is 9.51. The molecule has 1 aromatic rings. The van der Waals surface area contributed by atoms with Gasteiger partial charge in [-0.2, -0.15) is 0 Å². The highest BCUT2D eigenvalue weighted by Crippen LogP contribution is 2.23. The molecular formula is C12H18FNO. The lowest BCUT2D eigenvalue weighted by Gasteiger charge is -2.23. The first-order chi connectivity index (χ1) is 7.00. The minimum absolute atomic E-state index is 0.277. The van der Waals surface area contributed by atoms with Crippen molar-refractivity contribution < 1.29 is 9.13 Å². The van der Waals surface area contributed by atoms with Crippen LogP contribution in [0.25, 0.3) is 0 Å². The molecule has 2 N–H and O–H groups in total. The number of halogens is 1. The average Bonchev–Trinajstić information content (AvgIpc) is 2.21. The molecule has 84 valence electrons. The van der Waals surface area contributed by atoms with Crippen LogP contribution in [0.15, 0.2) is 18.2 Å². The summed E-state index contributed by atoms with van der Waals surface area (Å²) in [5, 5.41) is 0. The molecule has 15 heavy (non-hydrogen) atoms. The zero-order valence-corrected chi connectivity index (χ0v) is 9.51. The second kappa shape index (κ2) is 4.62. The largest absolute Gasteiger partial charge is 0.494 e. The van der Waals surface area contributed by atoms with Crippen LogP contribution in [0.1, 0.15) is 25.8 Å². The molecule has 0 bridgehead atoms. The van der Waals surface area contributed by atoms with Gasteiger partial charge >= 0.3 is 0 Å². The summed E-state index contributed by atoms with van der Waals surface area (Å²) in [6, 6.07) is 5.14. The Labute approximate surface area is 90.2 Å². The molecule has 1 aromatic carbocycles. The van der Waals surface area contributed by atoms with E-state index in [1.165, 1.54) is 7.11 Å². The molecule has 0 spiro atoms. The lowest BCUT2D eigenvalue weighted by Crippen LogP contribution is -2.37. The number of hydrogen-bond donors (Lipinski definition) is 1. The summed E-state index contributed by atoms with van der Waals surface area (Å²) < 4.78 is 18.7. The van der Waals surface area contributed by atoms with Gasteiger partial charge in [-0.3, -0.25) is 0 Å². The summed E-state index contributed by atoms with van der Waals surface area (Å²) in [5.41, 5.74) is 6.25. The molecule has 0 fully saturated rings. The number of methoxy groups -OCH3 is 1. The van der Waals surface area contributed by atoms with Gasteiger partial charge in [0.1, 0.15) is 0 Å². The topological polar surface area (TPSA) is 35.2 Å². The van der Waals surface area contributed by atoms with Crippen LogP contribution in [0.3, 0.4) is 0 Å². The monoisotopic (exact) mass is 211 g/mol. The highest BCUT2D eigenvalue weighted by molar-refractivity contribution is 5.32. The van der Waals surface area contributed by atoms with Crippen LogP contribution in [0.4, 0.5) is 4.39 Å². The fourth-order valence-electron chi connectivity index (χ4n) is 1.41. The maximum absolute atomic E-state index is 13.8. The summed E-state index contributed by atoms with van der Waals surface area (Å²) in [6.45, 7) is 3.92. The van der Waals surface area contributed by atoms with Crippen molar-refractivity contribution in [1.29, 1.82) is 0 Å². The molecule has 0 aliphatic heterocycles. The van der Waals surface area contributed by atoms with Gasteiger partial charge in [-0.25, -0.2) is 4.39 Å². The maximum Gasteiger partial charge on any atom is 0.168 e. The predicted molar refractivity (Wildman–Crippen MR) is 59.5 cm³/mol. The average molecular weight is 211 g/mol. The Hall–Kier alpha value is -1.09. The fourth-order valence-corrected chi connectivity index (χ4v) is 1.41. The van der Waals surface area contributed by atoms with Crippen molar-refractivity contribution in [2.24, 2.45) is 5.73 Å². The van der Waals surface area contributed by atoms with Crippen molar-refractivity contribution in [2.45, 2.75) is 32.2 Å². The van der Waals surface area contributed by atoms with Crippen LogP contribution in [0.5, 0.6) is 5.75 Å². The van der Waals surface area contributed by atoms with Crippen molar-refractivity contribution in [3.05, 3.63) is 29.6 Å². The van der Waals surface area contributed by atoms with Crippen molar-refractivity contribution in [1.82, 2.24) is 0 Å². The Morgan fingerprint density at radius 3 is 2.67 bits per heavy atom. The smallest absolute Gasteiger partial charge is 0.168 e. The van der Waals surface area contributed by atoms with Gasteiger partial charge in [0.05, 0.1) is 7.11 Å². The molecule has 0 radical (unpaired) electrons. The zero-order chi connectivity index (χ0) is 11.5. The van der Waals surface area contributed by atoms with Gasteiger partial charge in [0, 0.05) is 5.54 Å². The Morgan fingerprint density at radius 1 is 1.47 bits per heavy atom. The molecule has 0 aromatic heterocycles. The van der Waals surface area contributed by atoms with Crippen LogP contribution < -0.4 is 10.5 Å². The van der Waals surface area contributed by atoms with E-state index in [0.29, 0.717) is 12.0 Å². The third kappa shape index (κ3) is 2.93. The van der Waals surface area contributed by atoms with E-state index < -0.39 is 0 Å². The SMILES string of the molecule is CCC(C)(N)Cc1cccc(OC)c1F. The van der Waals surface area contributed by atoms with E-state index in [0.717, 1.165) is 6.42 Å². The molecule has 3 heteroatoms. The highest BCUT2D eigenvalue weighted by atomic mass is 19.1. The van der Waals surface area contributed by atoms with Gasteiger partial charge in [0.25, 0.3) is 0 Å². The number of hydrogen-bond acceptors (Lipinski definition) is 2. The molecule has 1 atom stereocenters. The summed E-state index contributed by atoms with van der Waals surface area (Å²) in [5.74, 6) is -0.0236. The lowest BCUT2D eigenvalue weighted by atomic mass is 9.91. The fraction of sp³-hybridized carbons (Fsp3) is 0.500. The molecule has 0 heterocycles. The molecule has 1 unspecified atom stereocenters. The lowest BCUT2D eigenvalue weighted by molar-refractivity contribution is 0.378. The molecule has 0 aliphatic rings. The Balaban J connectivity index is 2.95. The second-order valence-electron chi connectivity index (χ2n) is 4.12. The molecule has 0 aliphatic carbocycles. The van der Waals surface area contributed by atoms with Crippen molar-refractivity contribution >= 4 is 0 Å². The van der Waals surface area contributed by atoms with Crippen LogP contribution in [0.2, 0.25) is 0 Å². The van der Waals surface area contributed by atoms with Gasteiger partial charge in [-0.15, -0.1) is 0 Å². The number of nitrogens with two attached hydrogens (primary N) is 1. The molecule has 1 rings (SSSR count). The number of ether oxygens (including phenoxy) is 1. The van der Waals surface area contributed by atoms with Gasteiger partial charge in [-0.05, 0) is 31.4 Å². The van der Waals surface area contributed by atoms with E-state index >= 15 is 0 Å². The normalized spacial score (nSPS) is 14.7. The van der Waals surface area contributed by atoms with Crippen LogP contribution in [-0.4, -0.2) is 12.6 Å². The van der Waals surface area contributed by atoms with E-state index in [1.54, 1.807) is 18.2 Å². The Kier molecular flexibility index (Phi) is 3.69. The van der Waals surface area contributed by atoms with E-state index in [-0.39, 0.29) is 17.1 Å². The van der Waals surface area contributed by atoms with Gasteiger partial charge < -0.3 is 10.5 Å². The summed E-state index contributed by atoms with van der Waals surface area (Å²) in [4.78, 5) is 0. The van der Waals surface area contributed by atoms with Crippen molar-refractivity contribution in [2.75, 3.05) is 7.11 Å². The Bertz CT molecular complexity index is 336. The predicted octanol–water partition coefficient (Wildman–Crippen LogP) is 2.50. The standard InChI is InChI=1S/C12H18FNO/c1-4-12(2,14)8-9-6-5-7-10(15-3)11(9)13/h5-7H,4,8,14H2,1-3H3. The van der Waals surface area contributed by atoms with Crippen LogP contribution >= 0.6 is 0 Å². The molecular weight excluding hydrogens is 193 g/mol. The molecule has 0 saturated heterocycles. The van der Waals surface area contributed by atoms with E-state index in [4.69, 9.17) is 10.5 Å². The first-order valence-corrected chi connectivity index (χ1v) is 5.10.